The van der Waals surface area contributed by atoms with Crippen LogP contribution in [0.15, 0.2) is 24.4 Å². The zero-order valence-electron chi connectivity index (χ0n) is 12.3. The molecule has 5 nitrogen and oxygen atoms in total. The number of likely N-dealkylation sites (N-methyl/N-ethyl adjacent to an activating group) is 1. The number of nitrogens with zero attached hydrogens (tertiary/aromatic N) is 1. The van der Waals surface area contributed by atoms with Crippen LogP contribution in [-0.2, 0) is 16.0 Å². The third kappa shape index (κ3) is 3.62. The molecule has 0 aliphatic heterocycles. The molecule has 0 bridgehead atoms. The number of aromatic nitrogens is 1. The fourth-order valence-corrected chi connectivity index (χ4v) is 2.48. The van der Waals surface area contributed by atoms with Crippen LogP contribution in [0.1, 0.15) is 24.0 Å². The van der Waals surface area contributed by atoms with Gasteiger partial charge in [-0.3, -0.25) is 9.59 Å². The monoisotopic (exact) mass is 288 g/mol. The molecule has 2 N–H and O–H groups in total. The molecular formula is C16H20N2O3. The summed E-state index contributed by atoms with van der Waals surface area (Å²) in [6.45, 7) is 2.49. The molecule has 0 atom stereocenters. The number of aliphatic carboxylic acids is 1. The topological polar surface area (TPSA) is 73.4 Å². The molecule has 0 aliphatic rings. The summed E-state index contributed by atoms with van der Waals surface area (Å²) in [6, 6.07) is 6.01. The van der Waals surface area contributed by atoms with Gasteiger partial charge in [-0.1, -0.05) is 12.1 Å². The molecule has 112 valence electrons. The minimum atomic E-state index is -0.830. The standard InChI is InChI=1S/C16H20N2O3/c1-11-5-3-6-13-16(11)12(10-17-13)9-14(19)18(2)8-4-7-15(20)21/h3,5-6,10,17H,4,7-9H2,1-2H3,(H,20,21). The van der Waals surface area contributed by atoms with Crippen molar-refractivity contribution in [3.05, 3.63) is 35.5 Å². The van der Waals surface area contributed by atoms with Crippen molar-refractivity contribution in [2.24, 2.45) is 0 Å². The van der Waals surface area contributed by atoms with Crippen molar-refractivity contribution in [2.75, 3.05) is 13.6 Å². The summed E-state index contributed by atoms with van der Waals surface area (Å²) in [4.78, 5) is 27.5. The van der Waals surface area contributed by atoms with Crippen LogP contribution < -0.4 is 0 Å². The number of carboxylic acids is 1. The Morgan fingerprint density at radius 2 is 2.10 bits per heavy atom. The molecule has 0 radical (unpaired) electrons. The Morgan fingerprint density at radius 1 is 1.33 bits per heavy atom. The summed E-state index contributed by atoms with van der Waals surface area (Å²) in [7, 11) is 1.71. The Balaban J connectivity index is 2.02. The number of H-pyrrole nitrogens is 1. The molecule has 1 aromatic heterocycles. The lowest BCUT2D eigenvalue weighted by atomic mass is 10.0. The molecule has 1 heterocycles. The lowest BCUT2D eigenvalue weighted by Crippen LogP contribution is -2.29. The van der Waals surface area contributed by atoms with Crippen LogP contribution in [0.2, 0.25) is 0 Å². The van der Waals surface area contributed by atoms with E-state index in [4.69, 9.17) is 5.11 Å². The van der Waals surface area contributed by atoms with Crippen molar-refractivity contribution in [1.82, 2.24) is 9.88 Å². The van der Waals surface area contributed by atoms with Crippen molar-refractivity contribution in [1.29, 1.82) is 0 Å². The van der Waals surface area contributed by atoms with E-state index in [9.17, 15) is 9.59 Å². The van der Waals surface area contributed by atoms with E-state index in [2.05, 4.69) is 4.98 Å². The van der Waals surface area contributed by atoms with Gasteiger partial charge in [0.25, 0.3) is 0 Å². The van der Waals surface area contributed by atoms with E-state index in [-0.39, 0.29) is 12.3 Å². The number of amides is 1. The van der Waals surface area contributed by atoms with Gasteiger partial charge in [0.2, 0.25) is 5.91 Å². The summed E-state index contributed by atoms with van der Waals surface area (Å²) >= 11 is 0. The van der Waals surface area contributed by atoms with Gasteiger partial charge in [-0.15, -0.1) is 0 Å². The first kappa shape index (κ1) is 15.1. The van der Waals surface area contributed by atoms with Crippen molar-refractivity contribution < 1.29 is 14.7 Å². The van der Waals surface area contributed by atoms with Gasteiger partial charge in [0, 0.05) is 37.1 Å². The van der Waals surface area contributed by atoms with Gasteiger partial charge in [-0.05, 0) is 30.5 Å². The van der Waals surface area contributed by atoms with Crippen LogP contribution >= 0.6 is 0 Å². The van der Waals surface area contributed by atoms with Crippen LogP contribution in [0.4, 0.5) is 0 Å². The molecular weight excluding hydrogens is 268 g/mol. The summed E-state index contributed by atoms with van der Waals surface area (Å²) < 4.78 is 0. The second-order valence-corrected chi connectivity index (χ2v) is 5.30. The molecule has 0 unspecified atom stereocenters. The molecule has 0 aliphatic carbocycles. The van der Waals surface area contributed by atoms with Crippen LogP contribution in [0, 0.1) is 6.92 Å². The van der Waals surface area contributed by atoms with E-state index < -0.39 is 5.97 Å². The Bertz CT molecular complexity index is 661. The van der Waals surface area contributed by atoms with E-state index in [1.165, 1.54) is 0 Å². The molecule has 0 spiro atoms. The fourth-order valence-electron chi connectivity index (χ4n) is 2.48. The highest BCUT2D eigenvalue weighted by molar-refractivity contribution is 5.91. The van der Waals surface area contributed by atoms with Crippen LogP contribution in [0.3, 0.4) is 0 Å². The molecule has 2 rings (SSSR count). The normalized spacial score (nSPS) is 10.8. The summed E-state index contributed by atoms with van der Waals surface area (Å²) in [5, 5.41) is 9.72. The maximum absolute atomic E-state index is 12.2. The maximum Gasteiger partial charge on any atom is 0.303 e. The molecule has 1 amide bonds. The van der Waals surface area contributed by atoms with Crippen LogP contribution in [0.25, 0.3) is 10.9 Å². The maximum atomic E-state index is 12.2. The molecule has 0 saturated heterocycles. The average molecular weight is 288 g/mol. The second kappa shape index (κ2) is 6.43. The lowest BCUT2D eigenvalue weighted by molar-refractivity contribution is -0.138. The summed E-state index contributed by atoms with van der Waals surface area (Å²) in [5.41, 5.74) is 3.16. The average Bonchev–Trinajstić information content (AvgIpc) is 2.82. The molecule has 0 fully saturated rings. The van der Waals surface area contributed by atoms with Gasteiger partial charge in [0.1, 0.15) is 0 Å². The Morgan fingerprint density at radius 3 is 2.81 bits per heavy atom. The SMILES string of the molecule is Cc1cccc2[nH]cc(CC(=O)N(C)CCCC(=O)O)c12. The number of carboxylic acid groups (broad SMARTS) is 1. The zero-order chi connectivity index (χ0) is 15.4. The highest BCUT2D eigenvalue weighted by Crippen LogP contribution is 2.22. The number of hydrogen-bond donors (Lipinski definition) is 2. The zero-order valence-corrected chi connectivity index (χ0v) is 12.3. The van der Waals surface area contributed by atoms with Crippen LogP contribution in [0.5, 0.6) is 0 Å². The number of fused-ring (bicyclic) bond motifs is 1. The number of benzene rings is 1. The molecule has 0 saturated carbocycles. The van der Waals surface area contributed by atoms with Gasteiger partial charge < -0.3 is 15.0 Å². The number of aromatic amines is 1. The minimum absolute atomic E-state index is 0.00421. The first-order valence-corrected chi connectivity index (χ1v) is 7.00. The Labute approximate surface area is 123 Å². The highest BCUT2D eigenvalue weighted by atomic mass is 16.4. The number of carbonyl (C=O) groups excluding carboxylic acids is 1. The van der Waals surface area contributed by atoms with Crippen molar-refractivity contribution in [2.45, 2.75) is 26.2 Å². The number of hydrogen-bond acceptors (Lipinski definition) is 2. The first-order chi connectivity index (χ1) is 9.99. The van der Waals surface area contributed by atoms with Gasteiger partial charge in [-0.2, -0.15) is 0 Å². The third-order valence-electron chi connectivity index (χ3n) is 3.65. The Hall–Kier alpha value is -2.30. The predicted molar refractivity (Wildman–Crippen MR) is 81.2 cm³/mol. The van der Waals surface area contributed by atoms with Gasteiger partial charge in [0.15, 0.2) is 0 Å². The predicted octanol–water partition coefficient (Wildman–Crippen LogP) is 2.34. The smallest absolute Gasteiger partial charge is 0.303 e. The fraction of sp³-hybridized carbons (Fsp3) is 0.375. The molecule has 1 aromatic carbocycles. The van der Waals surface area contributed by atoms with Gasteiger partial charge >= 0.3 is 5.97 Å². The van der Waals surface area contributed by atoms with Crippen molar-refractivity contribution in [3.63, 3.8) is 0 Å². The number of rotatable bonds is 6. The molecule has 5 heteroatoms. The van der Waals surface area contributed by atoms with E-state index in [1.807, 2.05) is 31.3 Å². The van der Waals surface area contributed by atoms with Gasteiger partial charge in [0.05, 0.1) is 6.42 Å². The highest BCUT2D eigenvalue weighted by Gasteiger charge is 2.14. The van der Waals surface area contributed by atoms with Crippen LogP contribution in [-0.4, -0.2) is 40.5 Å². The molecule has 21 heavy (non-hydrogen) atoms. The minimum Gasteiger partial charge on any atom is -0.481 e. The number of carbonyl (C=O) groups is 2. The van der Waals surface area contributed by atoms with Crippen molar-refractivity contribution in [3.8, 4) is 0 Å². The van der Waals surface area contributed by atoms with E-state index >= 15 is 0 Å². The quantitative estimate of drug-likeness (QED) is 0.857. The van der Waals surface area contributed by atoms with Gasteiger partial charge in [-0.25, -0.2) is 0 Å². The third-order valence-corrected chi connectivity index (χ3v) is 3.65. The summed E-state index contributed by atoms with van der Waals surface area (Å²) in [5.74, 6) is -0.826. The van der Waals surface area contributed by atoms with E-state index in [0.717, 1.165) is 22.0 Å². The number of nitrogens with one attached hydrogen (secondary N) is 1. The van der Waals surface area contributed by atoms with E-state index in [0.29, 0.717) is 19.4 Å². The van der Waals surface area contributed by atoms with Crippen molar-refractivity contribution >= 4 is 22.8 Å². The second-order valence-electron chi connectivity index (χ2n) is 5.30. The Kier molecular flexibility index (Phi) is 4.62. The summed E-state index contributed by atoms with van der Waals surface area (Å²) in [6.07, 6.45) is 2.77. The number of aryl methyl sites for hydroxylation is 1. The van der Waals surface area contributed by atoms with E-state index in [1.54, 1.807) is 11.9 Å². The lowest BCUT2D eigenvalue weighted by Gasteiger charge is -2.16. The largest absolute Gasteiger partial charge is 0.481 e. The molecule has 2 aromatic rings. The first-order valence-electron chi connectivity index (χ1n) is 7.00.